The molecule has 0 aliphatic heterocycles. The molecule has 0 saturated heterocycles. The number of nitrogen functional groups attached to an aromatic ring is 1. The first-order valence-electron chi connectivity index (χ1n) is 5.37. The van der Waals surface area contributed by atoms with Crippen LogP contribution in [0.5, 0.6) is 0 Å². The molecule has 0 radical (unpaired) electrons. The molecule has 0 heterocycles. The molecule has 1 aromatic carbocycles. The van der Waals surface area contributed by atoms with Crippen molar-refractivity contribution < 1.29 is 8.42 Å². The Labute approximate surface area is 112 Å². The highest BCUT2D eigenvalue weighted by molar-refractivity contribution is 7.91. The largest absolute Gasteiger partial charge is 0.398 e. The van der Waals surface area contributed by atoms with Crippen molar-refractivity contribution in [1.82, 2.24) is 0 Å². The van der Waals surface area contributed by atoms with Crippen molar-refractivity contribution in [3.63, 3.8) is 0 Å². The van der Waals surface area contributed by atoms with Crippen LogP contribution in [-0.4, -0.2) is 14.2 Å². The third-order valence-electron chi connectivity index (χ3n) is 2.61. The number of benzene rings is 1. The Morgan fingerprint density at radius 2 is 2.06 bits per heavy atom. The van der Waals surface area contributed by atoms with Gasteiger partial charge in [0.05, 0.1) is 27.9 Å². The van der Waals surface area contributed by atoms with E-state index >= 15 is 0 Å². The zero-order valence-corrected chi connectivity index (χ0v) is 11.8. The topological polar surface area (TPSA) is 84.0 Å². The van der Waals surface area contributed by atoms with E-state index < -0.39 is 15.3 Å². The minimum atomic E-state index is -3.57. The third kappa shape index (κ3) is 3.37. The fraction of sp³-hybridized carbons (Fsp3) is 0.417. The number of sulfone groups is 1. The molecule has 6 heteroatoms. The Bertz CT molecular complexity index is 568. The van der Waals surface area contributed by atoms with Gasteiger partial charge in [-0.25, -0.2) is 8.42 Å². The maximum absolute atomic E-state index is 12.2. The molecule has 2 N–H and O–H groups in total. The Morgan fingerprint density at radius 3 is 2.56 bits per heavy atom. The van der Waals surface area contributed by atoms with Crippen LogP contribution in [0.3, 0.4) is 0 Å². The average molecular weight is 287 g/mol. The lowest BCUT2D eigenvalue weighted by Gasteiger charge is -2.15. The molecule has 98 valence electrons. The van der Waals surface area contributed by atoms with E-state index in [4.69, 9.17) is 22.6 Å². The van der Waals surface area contributed by atoms with E-state index in [1.54, 1.807) is 19.9 Å². The van der Waals surface area contributed by atoms with Gasteiger partial charge in [0.1, 0.15) is 4.90 Å². The number of halogens is 1. The van der Waals surface area contributed by atoms with Gasteiger partial charge in [-0.3, -0.25) is 0 Å². The lowest BCUT2D eigenvalue weighted by Crippen LogP contribution is -2.17. The van der Waals surface area contributed by atoms with E-state index in [2.05, 4.69) is 6.07 Å². The van der Waals surface area contributed by atoms with E-state index in [-0.39, 0.29) is 27.8 Å². The normalized spacial score (nSPS) is 12.1. The predicted molar refractivity (Wildman–Crippen MR) is 71.9 cm³/mol. The number of hydrogen-bond donors (Lipinski definition) is 1. The summed E-state index contributed by atoms with van der Waals surface area (Å²) in [4.78, 5) is -0.0413. The van der Waals surface area contributed by atoms with E-state index in [1.807, 2.05) is 0 Å². The van der Waals surface area contributed by atoms with Gasteiger partial charge in [0.15, 0.2) is 9.84 Å². The second-order valence-electron chi connectivity index (χ2n) is 4.72. The van der Waals surface area contributed by atoms with Gasteiger partial charge in [0.2, 0.25) is 0 Å². The molecule has 1 rings (SSSR count). The quantitative estimate of drug-likeness (QED) is 0.862. The standard InChI is InChI=1S/C12H15ClN2O2S/c1-12(2,8-14)6-7-18(16,17)11-9(13)4-3-5-10(11)15/h3-5H,6-7,15H2,1-2H3. The molecule has 0 aromatic heterocycles. The van der Waals surface area contributed by atoms with Gasteiger partial charge in [0, 0.05) is 0 Å². The summed E-state index contributed by atoms with van der Waals surface area (Å²) in [5.41, 5.74) is 5.10. The Hall–Kier alpha value is -1.25. The first kappa shape index (κ1) is 14.8. The molecular weight excluding hydrogens is 272 g/mol. The van der Waals surface area contributed by atoms with Crippen LogP contribution in [0.2, 0.25) is 5.02 Å². The van der Waals surface area contributed by atoms with Crippen LogP contribution in [0.4, 0.5) is 5.69 Å². The summed E-state index contributed by atoms with van der Waals surface area (Å²) in [6.07, 6.45) is 0.233. The van der Waals surface area contributed by atoms with E-state index in [1.165, 1.54) is 12.1 Å². The molecule has 0 bridgehead atoms. The Kier molecular flexibility index (Phi) is 4.25. The second-order valence-corrected chi connectivity index (χ2v) is 7.18. The molecule has 0 fully saturated rings. The fourth-order valence-corrected chi connectivity index (χ4v) is 3.71. The van der Waals surface area contributed by atoms with Crippen LogP contribution < -0.4 is 5.73 Å². The summed E-state index contributed by atoms with van der Waals surface area (Å²) in [5.74, 6) is -0.151. The maximum Gasteiger partial charge on any atom is 0.181 e. The molecule has 0 aliphatic carbocycles. The van der Waals surface area contributed by atoms with Crippen molar-refractivity contribution in [2.75, 3.05) is 11.5 Å². The van der Waals surface area contributed by atoms with Crippen molar-refractivity contribution in [3.05, 3.63) is 23.2 Å². The van der Waals surface area contributed by atoms with Gasteiger partial charge in [-0.2, -0.15) is 5.26 Å². The first-order chi connectivity index (χ1) is 8.19. The number of anilines is 1. The highest BCUT2D eigenvalue weighted by atomic mass is 35.5. The second kappa shape index (κ2) is 5.17. The van der Waals surface area contributed by atoms with Gasteiger partial charge in [-0.1, -0.05) is 17.7 Å². The average Bonchev–Trinajstić information content (AvgIpc) is 2.26. The summed E-state index contributed by atoms with van der Waals surface area (Å²) in [6.45, 7) is 3.39. The van der Waals surface area contributed by atoms with Crippen LogP contribution in [-0.2, 0) is 9.84 Å². The van der Waals surface area contributed by atoms with Gasteiger partial charge in [0.25, 0.3) is 0 Å². The zero-order valence-electron chi connectivity index (χ0n) is 10.3. The highest BCUT2D eigenvalue weighted by Gasteiger charge is 2.25. The predicted octanol–water partition coefficient (Wildman–Crippen LogP) is 2.64. The summed E-state index contributed by atoms with van der Waals surface area (Å²) in [5, 5.41) is 8.99. The van der Waals surface area contributed by atoms with Crippen LogP contribution in [0.1, 0.15) is 20.3 Å². The molecule has 0 aliphatic rings. The summed E-state index contributed by atoms with van der Waals surface area (Å²) >= 11 is 5.87. The van der Waals surface area contributed by atoms with Gasteiger partial charge < -0.3 is 5.73 Å². The van der Waals surface area contributed by atoms with E-state index in [0.29, 0.717) is 0 Å². The van der Waals surface area contributed by atoms with Gasteiger partial charge in [-0.15, -0.1) is 0 Å². The number of nitrogens with zero attached hydrogens (tertiary/aromatic N) is 1. The number of hydrogen-bond acceptors (Lipinski definition) is 4. The fourth-order valence-electron chi connectivity index (χ4n) is 1.40. The first-order valence-corrected chi connectivity index (χ1v) is 7.41. The molecule has 4 nitrogen and oxygen atoms in total. The zero-order chi connectivity index (χ0) is 14.0. The Balaban J connectivity index is 3.06. The third-order valence-corrected chi connectivity index (χ3v) is 4.85. The molecule has 1 aromatic rings. The summed E-state index contributed by atoms with van der Waals surface area (Å²) in [7, 11) is -3.57. The van der Waals surface area contributed by atoms with Crippen molar-refractivity contribution in [1.29, 1.82) is 5.26 Å². The monoisotopic (exact) mass is 286 g/mol. The van der Waals surface area contributed by atoms with Crippen LogP contribution in [0.25, 0.3) is 0 Å². The molecule has 0 spiro atoms. The molecule has 0 saturated carbocycles. The number of nitriles is 1. The van der Waals surface area contributed by atoms with Crippen LogP contribution in [0.15, 0.2) is 23.1 Å². The summed E-state index contributed by atoms with van der Waals surface area (Å²) in [6, 6.07) is 6.64. The minimum Gasteiger partial charge on any atom is -0.398 e. The molecular formula is C12H15ClN2O2S. The smallest absolute Gasteiger partial charge is 0.181 e. The van der Waals surface area contributed by atoms with Crippen molar-refractivity contribution in [3.8, 4) is 6.07 Å². The minimum absolute atomic E-state index is 0.0413. The number of nitrogens with two attached hydrogens (primary N) is 1. The van der Waals surface area contributed by atoms with Crippen molar-refractivity contribution in [2.24, 2.45) is 5.41 Å². The van der Waals surface area contributed by atoms with Gasteiger partial charge >= 0.3 is 0 Å². The Morgan fingerprint density at radius 1 is 1.44 bits per heavy atom. The van der Waals surface area contributed by atoms with Crippen molar-refractivity contribution >= 4 is 27.1 Å². The molecule has 0 atom stereocenters. The van der Waals surface area contributed by atoms with E-state index in [0.717, 1.165) is 0 Å². The van der Waals surface area contributed by atoms with Crippen LogP contribution >= 0.6 is 11.6 Å². The highest BCUT2D eigenvalue weighted by Crippen LogP contribution is 2.30. The lowest BCUT2D eigenvalue weighted by atomic mass is 9.93. The van der Waals surface area contributed by atoms with Gasteiger partial charge in [-0.05, 0) is 32.4 Å². The van der Waals surface area contributed by atoms with Crippen molar-refractivity contribution in [2.45, 2.75) is 25.2 Å². The van der Waals surface area contributed by atoms with Crippen LogP contribution in [0, 0.1) is 16.7 Å². The molecule has 0 unspecified atom stereocenters. The SMILES string of the molecule is CC(C)(C#N)CCS(=O)(=O)c1c(N)cccc1Cl. The summed E-state index contributed by atoms with van der Waals surface area (Å²) < 4.78 is 24.3. The molecule has 0 amide bonds. The maximum atomic E-state index is 12.2. The van der Waals surface area contributed by atoms with E-state index in [9.17, 15) is 8.42 Å². The molecule has 18 heavy (non-hydrogen) atoms. The lowest BCUT2D eigenvalue weighted by molar-refractivity contribution is 0.473. The number of rotatable bonds is 4.